The van der Waals surface area contributed by atoms with Gasteiger partial charge in [0.2, 0.25) is 0 Å². The minimum Gasteiger partial charge on any atom is -0.492 e. The van der Waals surface area contributed by atoms with Gasteiger partial charge >= 0.3 is 0 Å². The van der Waals surface area contributed by atoms with Crippen LogP contribution in [0.1, 0.15) is 27.5 Å². The summed E-state index contributed by atoms with van der Waals surface area (Å²) in [4.78, 5) is 19.4. The molecule has 1 heterocycles. The van der Waals surface area contributed by atoms with E-state index in [0.29, 0.717) is 25.4 Å². The average Bonchev–Trinajstić information content (AvgIpc) is 3.19. The zero-order valence-electron chi connectivity index (χ0n) is 19.7. The summed E-state index contributed by atoms with van der Waals surface area (Å²) < 4.78 is 20.3. The Labute approximate surface area is 200 Å². The zero-order chi connectivity index (χ0) is 23.7. The van der Waals surface area contributed by atoms with Crippen LogP contribution in [0.3, 0.4) is 0 Å². The molecule has 0 bridgehead atoms. The number of nitrogens with zero attached hydrogens (tertiary/aromatic N) is 3. The van der Waals surface area contributed by atoms with Crippen molar-refractivity contribution in [2.45, 2.75) is 6.04 Å². The number of benzene rings is 3. The molecule has 0 aromatic heterocycles. The van der Waals surface area contributed by atoms with Gasteiger partial charge < -0.3 is 14.5 Å². The average molecular weight is 460 g/mol. The molecule has 2 aliphatic rings. The summed E-state index contributed by atoms with van der Waals surface area (Å²) in [5.41, 5.74) is 5.28. The molecular formula is C28H30FN3O2. The lowest BCUT2D eigenvalue weighted by molar-refractivity contribution is 0.0595. The number of fused-ring (bicyclic) bond motifs is 3. The van der Waals surface area contributed by atoms with E-state index in [0.717, 1.165) is 19.6 Å². The third-order valence-electron chi connectivity index (χ3n) is 6.74. The molecule has 34 heavy (non-hydrogen) atoms. The molecular weight excluding hydrogens is 429 g/mol. The van der Waals surface area contributed by atoms with Crippen molar-refractivity contribution >= 4 is 5.91 Å². The predicted octanol–water partition coefficient (Wildman–Crippen LogP) is 4.29. The lowest BCUT2D eigenvalue weighted by Gasteiger charge is -2.38. The van der Waals surface area contributed by atoms with Crippen LogP contribution in [0.25, 0.3) is 11.1 Å². The standard InChI is InChI=1S/C28H30FN3O2/c1-30(2)17-18-34-20-11-12-26(29)25(19-20)28(33)32-15-13-31(14-16-32)27-23-9-5-3-7-21(23)22-8-4-6-10-24(22)27/h3-12,19,27H,13-18H2,1-2H3. The molecule has 0 N–H and O–H groups in total. The molecule has 1 aliphatic heterocycles. The third-order valence-corrected chi connectivity index (χ3v) is 6.74. The van der Waals surface area contributed by atoms with Crippen molar-refractivity contribution in [3.8, 4) is 16.9 Å². The number of halogens is 1. The molecule has 3 aromatic carbocycles. The summed E-state index contributed by atoms with van der Waals surface area (Å²) >= 11 is 0. The maximum atomic E-state index is 14.6. The molecule has 176 valence electrons. The molecule has 5 nitrogen and oxygen atoms in total. The number of rotatable bonds is 6. The van der Waals surface area contributed by atoms with E-state index < -0.39 is 5.82 Å². The fourth-order valence-electron chi connectivity index (χ4n) is 4.98. The molecule has 0 radical (unpaired) electrons. The van der Waals surface area contributed by atoms with Crippen LogP contribution in [0.5, 0.6) is 5.75 Å². The van der Waals surface area contributed by atoms with Crippen LogP contribution in [-0.2, 0) is 0 Å². The van der Waals surface area contributed by atoms with Crippen LogP contribution in [0.4, 0.5) is 4.39 Å². The molecule has 3 aromatic rings. The van der Waals surface area contributed by atoms with Gasteiger partial charge in [-0.1, -0.05) is 48.5 Å². The Balaban J connectivity index is 1.29. The van der Waals surface area contributed by atoms with E-state index in [2.05, 4.69) is 53.4 Å². The van der Waals surface area contributed by atoms with Crippen molar-refractivity contribution in [1.82, 2.24) is 14.7 Å². The number of likely N-dealkylation sites (N-methyl/N-ethyl adjacent to an activating group) is 1. The SMILES string of the molecule is CN(C)CCOc1ccc(F)c(C(=O)N2CCN(C3c4ccccc4-c4ccccc43)CC2)c1. The molecule has 5 rings (SSSR count). The van der Waals surface area contributed by atoms with Gasteiger partial charge in [0.25, 0.3) is 5.91 Å². The van der Waals surface area contributed by atoms with Crippen LogP contribution in [0.2, 0.25) is 0 Å². The van der Waals surface area contributed by atoms with Crippen molar-refractivity contribution in [3.63, 3.8) is 0 Å². The van der Waals surface area contributed by atoms with Gasteiger partial charge in [0.1, 0.15) is 18.2 Å². The van der Waals surface area contributed by atoms with Crippen LogP contribution < -0.4 is 4.74 Å². The number of carbonyl (C=O) groups excluding carboxylic acids is 1. The van der Waals surface area contributed by atoms with Crippen molar-refractivity contribution < 1.29 is 13.9 Å². The molecule has 1 saturated heterocycles. The first kappa shape index (κ1) is 22.6. The number of hydrogen-bond donors (Lipinski definition) is 0. The second-order valence-corrected chi connectivity index (χ2v) is 9.20. The fourth-order valence-corrected chi connectivity index (χ4v) is 4.98. The molecule has 0 saturated carbocycles. The van der Waals surface area contributed by atoms with Gasteiger partial charge in [-0.3, -0.25) is 9.69 Å². The smallest absolute Gasteiger partial charge is 0.257 e. The highest BCUT2D eigenvalue weighted by atomic mass is 19.1. The summed E-state index contributed by atoms with van der Waals surface area (Å²) in [7, 11) is 3.93. The summed E-state index contributed by atoms with van der Waals surface area (Å²) in [6.07, 6.45) is 0. The van der Waals surface area contributed by atoms with E-state index in [-0.39, 0.29) is 17.5 Å². The van der Waals surface area contributed by atoms with Gasteiger partial charge in [-0.15, -0.1) is 0 Å². The third kappa shape index (κ3) is 4.31. The molecule has 0 atom stereocenters. The van der Waals surface area contributed by atoms with Gasteiger partial charge in [-0.2, -0.15) is 0 Å². The number of hydrogen-bond acceptors (Lipinski definition) is 4. The summed E-state index contributed by atoms with van der Waals surface area (Å²) in [6, 6.07) is 21.7. The first-order chi connectivity index (χ1) is 16.5. The second-order valence-electron chi connectivity index (χ2n) is 9.20. The lowest BCUT2D eigenvalue weighted by Crippen LogP contribution is -2.49. The Morgan fingerprint density at radius 1 is 0.941 bits per heavy atom. The molecule has 0 unspecified atom stereocenters. The first-order valence-electron chi connectivity index (χ1n) is 11.8. The quantitative estimate of drug-likeness (QED) is 0.551. The van der Waals surface area contributed by atoms with E-state index in [1.54, 1.807) is 11.0 Å². The summed E-state index contributed by atoms with van der Waals surface area (Å²) in [6.45, 7) is 3.82. The van der Waals surface area contributed by atoms with Crippen molar-refractivity contribution in [2.75, 3.05) is 53.4 Å². The summed E-state index contributed by atoms with van der Waals surface area (Å²) in [5, 5.41) is 0. The van der Waals surface area contributed by atoms with E-state index in [4.69, 9.17) is 4.74 Å². The maximum Gasteiger partial charge on any atom is 0.257 e. The minimum atomic E-state index is -0.508. The highest BCUT2D eigenvalue weighted by Crippen LogP contribution is 2.46. The van der Waals surface area contributed by atoms with E-state index in [1.807, 2.05) is 19.0 Å². The van der Waals surface area contributed by atoms with Crippen molar-refractivity contribution in [2.24, 2.45) is 0 Å². The lowest BCUT2D eigenvalue weighted by atomic mass is 10.0. The van der Waals surface area contributed by atoms with Gasteiger partial charge in [-0.05, 0) is 54.5 Å². The molecule has 1 amide bonds. The molecule has 1 aliphatic carbocycles. The van der Waals surface area contributed by atoms with Crippen LogP contribution in [-0.4, -0.2) is 74.0 Å². The van der Waals surface area contributed by atoms with E-state index in [9.17, 15) is 9.18 Å². The number of carbonyl (C=O) groups is 1. The predicted molar refractivity (Wildman–Crippen MR) is 132 cm³/mol. The Morgan fingerprint density at radius 2 is 1.56 bits per heavy atom. The van der Waals surface area contributed by atoms with Gasteiger partial charge in [0.15, 0.2) is 0 Å². The van der Waals surface area contributed by atoms with Crippen molar-refractivity contribution in [1.29, 1.82) is 0 Å². The maximum absolute atomic E-state index is 14.6. The van der Waals surface area contributed by atoms with E-state index in [1.165, 1.54) is 34.4 Å². The van der Waals surface area contributed by atoms with Gasteiger partial charge in [0.05, 0.1) is 11.6 Å². The summed E-state index contributed by atoms with van der Waals surface area (Å²) in [5.74, 6) is -0.266. The Morgan fingerprint density at radius 3 is 2.18 bits per heavy atom. The highest BCUT2D eigenvalue weighted by molar-refractivity contribution is 5.95. The van der Waals surface area contributed by atoms with Crippen LogP contribution >= 0.6 is 0 Å². The first-order valence-corrected chi connectivity index (χ1v) is 11.8. The Hall–Kier alpha value is -3.22. The topological polar surface area (TPSA) is 36.0 Å². The second kappa shape index (κ2) is 9.57. The van der Waals surface area contributed by atoms with Crippen LogP contribution in [0, 0.1) is 5.82 Å². The van der Waals surface area contributed by atoms with E-state index >= 15 is 0 Å². The van der Waals surface area contributed by atoms with Crippen molar-refractivity contribution in [3.05, 3.63) is 89.2 Å². The number of amides is 1. The zero-order valence-corrected chi connectivity index (χ0v) is 19.7. The molecule has 6 heteroatoms. The normalized spacial score (nSPS) is 15.9. The fraction of sp³-hybridized carbons (Fsp3) is 0.321. The Kier molecular flexibility index (Phi) is 6.35. The molecule has 1 fully saturated rings. The molecule has 0 spiro atoms. The highest BCUT2D eigenvalue weighted by Gasteiger charge is 2.35. The largest absolute Gasteiger partial charge is 0.492 e. The number of ether oxygens (including phenoxy) is 1. The Bertz CT molecular complexity index is 1140. The number of piperazine rings is 1. The minimum absolute atomic E-state index is 0.0763. The van der Waals surface area contributed by atoms with Gasteiger partial charge in [-0.25, -0.2) is 4.39 Å². The monoisotopic (exact) mass is 459 g/mol. The van der Waals surface area contributed by atoms with Gasteiger partial charge in [0, 0.05) is 32.7 Å². The van der Waals surface area contributed by atoms with Crippen LogP contribution in [0.15, 0.2) is 66.7 Å².